The van der Waals surface area contributed by atoms with E-state index in [1.807, 2.05) is 6.07 Å². The van der Waals surface area contributed by atoms with Gasteiger partial charge in [0, 0.05) is 0 Å². The molecule has 0 aromatic heterocycles. The van der Waals surface area contributed by atoms with Crippen LogP contribution >= 0.6 is 0 Å². The van der Waals surface area contributed by atoms with Crippen molar-refractivity contribution in [2.75, 3.05) is 7.11 Å². The number of benzene rings is 2. The molecule has 0 fully saturated rings. The molecule has 0 radical (unpaired) electrons. The molecule has 2 aromatic rings. The summed E-state index contributed by atoms with van der Waals surface area (Å²) < 4.78 is 5.34. The van der Waals surface area contributed by atoms with Gasteiger partial charge < -0.3 is 4.74 Å². The summed E-state index contributed by atoms with van der Waals surface area (Å²) in [5, 5.41) is 0. The van der Waals surface area contributed by atoms with Crippen molar-refractivity contribution >= 4 is 5.57 Å². The molecule has 1 unspecified atom stereocenters. The Bertz CT molecular complexity index is 697. The molecule has 0 spiro atoms. The Morgan fingerprint density at radius 3 is 2.57 bits per heavy atom. The highest BCUT2D eigenvalue weighted by Gasteiger charge is 2.15. The monoisotopic (exact) mass is 308 g/mol. The first-order valence-corrected chi connectivity index (χ1v) is 8.38. The third-order valence-electron chi connectivity index (χ3n) is 4.52. The molecule has 0 aliphatic heterocycles. The summed E-state index contributed by atoms with van der Waals surface area (Å²) in [6.45, 7) is 12.9. The van der Waals surface area contributed by atoms with Crippen molar-refractivity contribution < 1.29 is 4.74 Å². The first-order valence-electron chi connectivity index (χ1n) is 8.38. The van der Waals surface area contributed by atoms with Gasteiger partial charge in [-0.1, -0.05) is 50.3 Å². The van der Waals surface area contributed by atoms with E-state index in [4.69, 9.17) is 4.74 Å². The molecule has 2 aromatic carbocycles. The van der Waals surface area contributed by atoms with Crippen molar-refractivity contribution in [2.45, 2.75) is 46.5 Å². The number of ether oxygens (including phenoxy) is 1. The van der Waals surface area contributed by atoms with Gasteiger partial charge in [-0.2, -0.15) is 0 Å². The predicted octanol–water partition coefficient (Wildman–Crippen LogP) is 5.95. The molecule has 0 aliphatic carbocycles. The number of hydrogen-bond acceptors (Lipinski definition) is 1. The van der Waals surface area contributed by atoms with Crippen LogP contribution in [0.25, 0.3) is 5.57 Å². The molecule has 0 bridgehead atoms. The molecule has 0 heterocycles. The lowest BCUT2D eigenvalue weighted by molar-refractivity contribution is 0.414. The van der Waals surface area contributed by atoms with Gasteiger partial charge in [-0.05, 0) is 72.6 Å². The van der Waals surface area contributed by atoms with E-state index in [1.165, 1.54) is 27.8 Å². The van der Waals surface area contributed by atoms with Gasteiger partial charge in [-0.15, -0.1) is 0 Å². The van der Waals surface area contributed by atoms with Crippen LogP contribution in [0.15, 0.2) is 43.0 Å². The van der Waals surface area contributed by atoms with E-state index in [-0.39, 0.29) is 0 Å². The maximum atomic E-state index is 5.34. The van der Waals surface area contributed by atoms with E-state index in [9.17, 15) is 0 Å². The Morgan fingerprint density at radius 2 is 1.96 bits per heavy atom. The second kappa shape index (κ2) is 7.50. The van der Waals surface area contributed by atoms with Gasteiger partial charge in [0.2, 0.25) is 0 Å². The average Bonchev–Trinajstić information content (AvgIpc) is 2.53. The van der Waals surface area contributed by atoms with Crippen LogP contribution in [0.4, 0.5) is 0 Å². The maximum Gasteiger partial charge on any atom is 0.119 e. The fourth-order valence-corrected chi connectivity index (χ4v) is 3.37. The van der Waals surface area contributed by atoms with Gasteiger partial charge in [0.25, 0.3) is 0 Å². The summed E-state index contributed by atoms with van der Waals surface area (Å²) >= 11 is 0. The SMILES string of the molecule is C=C(C)c1cc(C)c(C(C)Cc2cccc(OC)c2)c(CC)c1. The van der Waals surface area contributed by atoms with Gasteiger partial charge in [0.15, 0.2) is 0 Å². The van der Waals surface area contributed by atoms with Crippen LogP contribution in [0.5, 0.6) is 5.75 Å². The quantitative estimate of drug-likeness (QED) is 0.641. The minimum absolute atomic E-state index is 0.483. The van der Waals surface area contributed by atoms with Gasteiger partial charge in [-0.3, -0.25) is 0 Å². The normalized spacial score (nSPS) is 12.0. The van der Waals surface area contributed by atoms with Crippen molar-refractivity contribution in [1.82, 2.24) is 0 Å². The molecule has 0 aliphatic rings. The van der Waals surface area contributed by atoms with Gasteiger partial charge in [-0.25, -0.2) is 0 Å². The summed E-state index contributed by atoms with van der Waals surface area (Å²) in [7, 11) is 1.72. The largest absolute Gasteiger partial charge is 0.497 e. The van der Waals surface area contributed by atoms with Crippen molar-refractivity contribution in [3.63, 3.8) is 0 Å². The Hall–Kier alpha value is -2.02. The van der Waals surface area contributed by atoms with Gasteiger partial charge in [0.1, 0.15) is 5.75 Å². The van der Waals surface area contributed by atoms with Crippen LogP contribution in [0.1, 0.15) is 54.5 Å². The highest BCUT2D eigenvalue weighted by molar-refractivity contribution is 5.64. The molecule has 0 amide bonds. The standard InChI is InChI=1S/C22H28O/c1-7-19-14-20(15(2)3)12-17(5)22(19)16(4)11-18-9-8-10-21(13-18)23-6/h8-10,12-14,16H,2,7,11H2,1,3-6H3. The maximum absolute atomic E-state index is 5.34. The zero-order chi connectivity index (χ0) is 17.0. The van der Waals surface area contributed by atoms with Crippen LogP contribution in [0.3, 0.4) is 0 Å². The molecule has 2 rings (SSSR count). The predicted molar refractivity (Wildman–Crippen MR) is 100 cm³/mol. The van der Waals surface area contributed by atoms with Crippen LogP contribution < -0.4 is 4.74 Å². The van der Waals surface area contributed by atoms with Crippen molar-refractivity contribution in [3.8, 4) is 5.75 Å². The number of hydrogen-bond donors (Lipinski definition) is 0. The topological polar surface area (TPSA) is 9.23 Å². The highest BCUT2D eigenvalue weighted by Crippen LogP contribution is 2.31. The molecule has 1 nitrogen and oxygen atoms in total. The zero-order valence-electron chi connectivity index (χ0n) is 15.1. The minimum Gasteiger partial charge on any atom is -0.497 e. The minimum atomic E-state index is 0.483. The number of aryl methyl sites for hydroxylation is 2. The van der Waals surface area contributed by atoms with Crippen LogP contribution in [0.2, 0.25) is 0 Å². The van der Waals surface area contributed by atoms with E-state index in [2.05, 4.69) is 64.6 Å². The van der Waals surface area contributed by atoms with Crippen molar-refractivity contribution in [2.24, 2.45) is 0 Å². The summed E-state index contributed by atoms with van der Waals surface area (Å²) in [6, 6.07) is 13.0. The van der Waals surface area contributed by atoms with Crippen molar-refractivity contribution in [3.05, 3.63) is 70.8 Å². The fraction of sp³-hybridized carbons (Fsp3) is 0.364. The molecule has 0 saturated heterocycles. The molecule has 0 saturated carbocycles. The third-order valence-corrected chi connectivity index (χ3v) is 4.52. The van der Waals surface area contributed by atoms with E-state index in [0.717, 1.165) is 24.2 Å². The lowest BCUT2D eigenvalue weighted by Gasteiger charge is -2.21. The Morgan fingerprint density at radius 1 is 1.22 bits per heavy atom. The van der Waals surface area contributed by atoms with E-state index in [1.54, 1.807) is 7.11 Å². The van der Waals surface area contributed by atoms with Crippen molar-refractivity contribution in [1.29, 1.82) is 0 Å². The van der Waals surface area contributed by atoms with Crippen LogP contribution in [-0.4, -0.2) is 7.11 Å². The Labute approximate surface area is 141 Å². The summed E-state index contributed by atoms with van der Waals surface area (Å²) in [5.41, 5.74) is 8.02. The highest BCUT2D eigenvalue weighted by atomic mass is 16.5. The first-order chi connectivity index (χ1) is 11.0. The van der Waals surface area contributed by atoms with E-state index >= 15 is 0 Å². The molecule has 1 atom stereocenters. The van der Waals surface area contributed by atoms with E-state index < -0.39 is 0 Å². The first kappa shape index (κ1) is 17.3. The van der Waals surface area contributed by atoms with Crippen LogP contribution in [0, 0.1) is 6.92 Å². The molecule has 1 heteroatoms. The average molecular weight is 308 g/mol. The second-order valence-electron chi connectivity index (χ2n) is 6.46. The fourth-order valence-electron chi connectivity index (χ4n) is 3.37. The number of allylic oxidation sites excluding steroid dienone is 1. The lowest BCUT2D eigenvalue weighted by Crippen LogP contribution is -2.06. The van der Waals surface area contributed by atoms with E-state index in [0.29, 0.717) is 5.92 Å². The molecular formula is C22H28O. The molecule has 122 valence electrons. The Balaban J connectivity index is 2.34. The second-order valence-corrected chi connectivity index (χ2v) is 6.46. The summed E-state index contributed by atoms with van der Waals surface area (Å²) in [5.74, 6) is 1.41. The Kier molecular flexibility index (Phi) is 5.65. The van der Waals surface area contributed by atoms with Gasteiger partial charge in [0.05, 0.1) is 7.11 Å². The third kappa shape index (κ3) is 4.04. The molecule has 23 heavy (non-hydrogen) atoms. The number of rotatable bonds is 6. The zero-order valence-corrected chi connectivity index (χ0v) is 15.1. The number of methoxy groups -OCH3 is 1. The summed E-state index contributed by atoms with van der Waals surface area (Å²) in [4.78, 5) is 0. The molecular weight excluding hydrogens is 280 g/mol. The van der Waals surface area contributed by atoms with Gasteiger partial charge >= 0.3 is 0 Å². The van der Waals surface area contributed by atoms with Crippen LogP contribution in [-0.2, 0) is 12.8 Å². The lowest BCUT2D eigenvalue weighted by atomic mass is 9.84. The smallest absolute Gasteiger partial charge is 0.119 e. The molecule has 0 N–H and O–H groups in total. The summed E-state index contributed by atoms with van der Waals surface area (Å²) in [6.07, 6.45) is 2.08.